The van der Waals surface area contributed by atoms with Gasteiger partial charge in [-0.2, -0.15) is 0 Å². The molecular weight excluding hydrogens is 338 g/mol. The maximum Gasteiger partial charge on any atom is 0.410 e. The number of likely N-dealkylation sites (tertiary alicyclic amines) is 1. The Bertz CT molecular complexity index is 534. The van der Waals surface area contributed by atoms with Gasteiger partial charge in [-0.15, -0.1) is 11.3 Å². The minimum absolute atomic E-state index is 0.214. The number of aromatic nitrogens is 1. The minimum Gasteiger partial charge on any atom is -0.444 e. The maximum absolute atomic E-state index is 12.0. The van der Waals surface area contributed by atoms with Crippen LogP contribution in [-0.2, 0) is 16.0 Å². The van der Waals surface area contributed by atoms with Gasteiger partial charge in [0.2, 0.25) is 0 Å². The van der Waals surface area contributed by atoms with Crippen LogP contribution in [-0.4, -0.2) is 53.9 Å². The SMILES string of the molecule is Cc1ncc(CNCCCOC2CCN(C(=O)OC(C)(C)C)CC2)s1. The van der Waals surface area contributed by atoms with Crippen LogP contribution in [0.1, 0.15) is 49.9 Å². The number of amides is 1. The third-order valence-electron chi connectivity index (χ3n) is 3.91. The molecule has 1 aliphatic rings. The van der Waals surface area contributed by atoms with E-state index in [1.807, 2.05) is 33.9 Å². The second-order valence-corrected chi connectivity index (χ2v) is 8.73. The molecule has 0 bridgehead atoms. The highest BCUT2D eigenvalue weighted by atomic mass is 32.1. The van der Waals surface area contributed by atoms with Gasteiger partial charge < -0.3 is 19.7 Å². The third kappa shape index (κ3) is 7.71. The van der Waals surface area contributed by atoms with Crippen LogP contribution in [0.5, 0.6) is 0 Å². The molecule has 0 radical (unpaired) electrons. The van der Waals surface area contributed by atoms with Crippen LogP contribution in [0.15, 0.2) is 6.20 Å². The van der Waals surface area contributed by atoms with Crippen molar-refractivity contribution in [2.24, 2.45) is 0 Å². The molecule has 1 aromatic rings. The molecule has 25 heavy (non-hydrogen) atoms. The molecule has 0 spiro atoms. The van der Waals surface area contributed by atoms with Gasteiger partial charge in [0.1, 0.15) is 5.60 Å². The molecule has 1 fully saturated rings. The lowest BCUT2D eigenvalue weighted by molar-refractivity contribution is -0.0117. The standard InChI is InChI=1S/C18H31N3O3S/c1-14-20-13-16(25-14)12-19-8-5-11-23-15-6-9-21(10-7-15)17(22)24-18(2,3)4/h13,15,19H,5-12H2,1-4H3. The number of hydrogen-bond acceptors (Lipinski definition) is 6. The van der Waals surface area contributed by atoms with Gasteiger partial charge in [-0.3, -0.25) is 0 Å². The van der Waals surface area contributed by atoms with E-state index < -0.39 is 5.60 Å². The highest BCUT2D eigenvalue weighted by Crippen LogP contribution is 2.17. The summed E-state index contributed by atoms with van der Waals surface area (Å²) in [5, 5.41) is 4.53. The van der Waals surface area contributed by atoms with Gasteiger partial charge in [0, 0.05) is 37.3 Å². The number of thiazole rings is 1. The lowest BCUT2D eigenvalue weighted by Crippen LogP contribution is -2.43. The van der Waals surface area contributed by atoms with Gasteiger partial charge >= 0.3 is 6.09 Å². The molecule has 1 amide bonds. The van der Waals surface area contributed by atoms with E-state index in [-0.39, 0.29) is 12.2 Å². The Morgan fingerprint density at radius 1 is 1.40 bits per heavy atom. The summed E-state index contributed by atoms with van der Waals surface area (Å²) in [6.07, 6.45) is 4.72. The van der Waals surface area contributed by atoms with Gasteiger partial charge in [0.15, 0.2) is 0 Å². The molecule has 2 heterocycles. The topological polar surface area (TPSA) is 63.7 Å². The summed E-state index contributed by atoms with van der Waals surface area (Å²) in [5.41, 5.74) is -0.435. The van der Waals surface area contributed by atoms with Gasteiger partial charge in [-0.25, -0.2) is 9.78 Å². The lowest BCUT2D eigenvalue weighted by atomic mass is 10.1. The first-order chi connectivity index (χ1) is 11.8. The third-order valence-corrected chi connectivity index (χ3v) is 4.83. The highest BCUT2D eigenvalue weighted by Gasteiger charge is 2.26. The quantitative estimate of drug-likeness (QED) is 0.747. The predicted octanol–water partition coefficient (Wildman–Crippen LogP) is 3.35. The number of aryl methyl sites for hydroxylation is 1. The zero-order chi connectivity index (χ0) is 18.3. The minimum atomic E-state index is -0.435. The summed E-state index contributed by atoms with van der Waals surface area (Å²) < 4.78 is 11.3. The number of rotatable bonds is 7. The van der Waals surface area contributed by atoms with E-state index in [9.17, 15) is 4.79 Å². The zero-order valence-corrected chi connectivity index (χ0v) is 16.7. The molecule has 1 aromatic heterocycles. The Balaban J connectivity index is 1.51. The summed E-state index contributed by atoms with van der Waals surface area (Å²) in [4.78, 5) is 19.3. The molecule has 2 rings (SSSR count). The molecule has 0 aliphatic carbocycles. The van der Waals surface area contributed by atoms with Crippen molar-refractivity contribution in [2.45, 2.75) is 65.2 Å². The fourth-order valence-electron chi connectivity index (χ4n) is 2.68. The van der Waals surface area contributed by atoms with E-state index in [4.69, 9.17) is 9.47 Å². The van der Waals surface area contributed by atoms with E-state index in [0.29, 0.717) is 13.1 Å². The lowest BCUT2D eigenvalue weighted by Gasteiger charge is -2.33. The molecule has 0 aromatic carbocycles. The Labute approximate surface area is 154 Å². The highest BCUT2D eigenvalue weighted by molar-refractivity contribution is 7.11. The van der Waals surface area contributed by atoms with Crippen molar-refractivity contribution in [1.29, 1.82) is 0 Å². The number of piperidine rings is 1. The average molecular weight is 370 g/mol. The number of hydrogen-bond donors (Lipinski definition) is 1. The van der Waals surface area contributed by atoms with Gasteiger partial charge in [-0.1, -0.05) is 0 Å². The van der Waals surface area contributed by atoms with E-state index in [0.717, 1.165) is 44.0 Å². The summed E-state index contributed by atoms with van der Waals surface area (Å²) in [5.74, 6) is 0. The molecule has 1 aliphatic heterocycles. The van der Waals surface area contributed by atoms with Crippen molar-refractivity contribution in [3.8, 4) is 0 Å². The van der Waals surface area contributed by atoms with Gasteiger partial charge in [-0.05, 0) is 53.5 Å². The van der Waals surface area contributed by atoms with Crippen molar-refractivity contribution in [2.75, 3.05) is 26.2 Å². The van der Waals surface area contributed by atoms with E-state index >= 15 is 0 Å². The van der Waals surface area contributed by atoms with E-state index in [1.165, 1.54) is 4.88 Å². The van der Waals surface area contributed by atoms with E-state index in [1.54, 1.807) is 16.2 Å². The molecule has 1 N–H and O–H groups in total. The number of nitrogens with zero attached hydrogens (tertiary/aromatic N) is 2. The Hall–Kier alpha value is -1.18. The molecular formula is C18H31N3O3S. The Morgan fingerprint density at radius 2 is 2.12 bits per heavy atom. The number of nitrogens with one attached hydrogen (secondary N) is 1. The predicted molar refractivity (Wildman–Crippen MR) is 100.0 cm³/mol. The van der Waals surface area contributed by atoms with Crippen LogP contribution in [0.2, 0.25) is 0 Å². The summed E-state index contributed by atoms with van der Waals surface area (Å²) >= 11 is 1.73. The second kappa shape index (κ2) is 9.50. The van der Waals surface area contributed by atoms with Crippen molar-refractivity contribution in [3.05, 3.63) is 16.1 Å². The number of carbonyl (C=O) groups excluding carboxylic acids is 1. The fourth-order valence-corrected chi connectivity index (χ4v) is 3.44. The van der Waals surface area contributed by atoms with Gasteiger partial charge in [0.25, 0.3) is 0 Å². The van der Waals surface area contributed by atoms with Crippen molar-refractivity contribution in [1.82, 2.24) is 15.2 Å². The zero-order valence-electron chi connectivity index (χ0n) is 15.8. The molecule has 0 saturated carbocycles. The van der Waals surface area contributed by atoms with Crippen LogP contribution < -0.4 is 5.32 Å². The summed E-state index contributed by atoms with van der Waals surface area (Å²) in [6, 6.07) is 0. The summed E-state index contributed by atoms with van der Waals surface area (Å²) in [6.45, 7) is 11.7. The van der Waals surface area contributed by atoms with Crippen LogP contribution in [0.4, 0.5) is 4.79 Å². The Morgan fingerprint density at radius 3 is 2.72 bits per heavy atom. The number of ether oxygens (including phenoxy) is 2. The van der Waals surface area contributed by atoms with Crippen LogP contribution >= 0.6 is 11.3 Å². The first-order valence-corrected chi connectivity index (χ1v) is 9.87. The molecule has 7 heteroatoms. The van der Waals surface area contributed by atoms with Crippen LogP contribution in [0.25, 0.3) is 0 Å². The molecule has 6 nitrogen and oxygen atoms in total. The van der Waals surface area contributed by atoms with Crippen molar-refractivity contribution < 1.29 is 14.3 Å². The smallest absolute Gasteiger partial charge is 0.410 e. The second-order valence-electron chi connectivity index (χ2n) is 7.41. The average Bonchev–Trinajstić information content (AvgIpc) is 2.95. The molecule has 0 atom stereocenters. The van der Waals surface area contributed by atoms with E-state index in [2.05, 4.69) is 10.3 Å². The first kappa shape index (κ1) is 20.1. The largest absolute Gasteiger partial charge is 0.444 e. The molecule has 142 valence electrons. The normalized spacial score (nSPS) is 16.2. The first-order valence-electron chi connectivity index (χ1n) is 9.05. The molecule has 1 saturated heterocycles. The van der Waals surface area contributed by atoms with Crippen LogP contribution in [0, 0.1) is 6.92 Å². The van der Waals surface area contributed by atoms with Gasteiger partial charge in [0.05, 0.1) is 11.1 Å². The monoisotopic (exact) mass is 369 g/mol. The summed E-state index contributed by atoms with van der Waals surface area (Å²) in [7, 11) is 0. The van der Waals surface area contributed by atoms with Crippen molar-refractivity contribution in [3.63, 3.8) is 0 Å². The number of carbonyl (C=O) groups is 1. The Kier molecular flexibility index (Phi) is 7.65. The fraction of sp³-hybridized carbons (Fsp3) is 0.778. The van der Waals surface area contributed by atoms with Crippen LogP contribution in [0.3, 0.4) is 0 Å². The maximum atomic E-state index is 12.0. The molecule has 0 unspecified atom stereocenters. The van der Waals surface area contributed by atoms with Crippen molar-refractivity contribution >= 4 is 17.4 Å².